The number of halogens is 2. The molecule has 0 heterocycles. The van der Waals surface area contributed by atoms with E-state index in [1.165, 1.54) is 6.07 Å². The van der Waals surface area contributed by atoms with Crippen molar-refractivity contribution in [2.75, 3.05) is 23.8 Å². The summed E-state index contributed by atoms with van der Waals surface area (Å²) in [5.41, 5.74) is 3.26. The van der Waals surface area contributed by atoms with Crippen LogP contribution in [0, 0.1) is 13.8 Å². The Hall–Kier alpha value is -3.42. The molecule has 2 N–H and O–H groups in total. The van der Waals surface area contributed by atoms with Crippen LogP contribution >= 0.6 is 23.2 Å². The zero-order valence-electron chi connectivity index (χ0n) is 18.6. The first-order valence-electron chi connectivity index (χ1n) is 10.4. The van der Waals surface area contributed by atoms with Crippen LogP contribution in [0.15, 0.2) is 66.7 Å². The Balaban J connectivity index is 1.60. The Morgan fingerprint density at radius 2 is 1.35 bits per heavy atom. The summed E-state index contributed by atoms with van der Waals surface area (Å²) in [5.74, 6) is 0.350. The van der Waals surface area contributed by atoms with Gasteiger partial charge in [-0.1, -0.05) is 58.6 Å². The lowest BCUT2D eigenvalue weighted by Gasteiger charge is -2.19. The lowest BCUT2D eigenvalue weighted by Crippen LogP contribution is -2.33. The van der Waals surface area contributed by atoms with Gasteiger partial charge < -0.3 is 14.2 Å². The van der Waals surface area contributed by atoms with Crippen LogP contribution < -0.4 is 15.4 Å². The van der Waals surface area contributed by atoms with Crippen LogP contribution in [0.25, 0.3) is 0 Å². The van der Waals surface area contributed by atoms with Crippen molar-refractivity contribution < 1.29 is 23.8 Å². The quantitative estimate of drug-likeness (QED) is 0.351. The molecule has 3 aromatic carbocycles. The van der Waals surface area contributed by atoms with E-state index in [0.29, 0.717) is 27.2 Å². The van der Waals surface area contributed by atoms with Crippen molar-refractivity contribution in [1.82, 2.24) is 0 Å². The molecule has 0 aromatic heterocycles. The zero-order chi connectivity index (χ0) is 24.5. The van der Waals surface area contributed by atoms with E-state index in [1.807, 2.05) is 38.1 Å². The molecule has 3 aromatic rings. The highest BCUT2D eigenvalue weighted by atomic mass is 35.5. The SMILES string of the molecule is Cc1ccc(NC(=O)OCC(COc2ccc(Cl)cc2Cl)OC(=O)Nc2ccc(C)cc2)cc1. The van der Waals surface area contributed by atoms with Gasteiger partial charge in [0.05, 0.1) is 5.02 Å². The van der Waals surface area contributed by atoms with Gasteiger partial charge in [0.15, 0.2) is 6.10 Å². The Morgan fingerprint density at radius 1 is 0.794 bits per heavy atom. The van der Waals surface area contributed by atoms with E-state index in [0.717, 1.165) is 11.1 Å². The fraction of sp³-hybridized carbons (Fsp3) is 0.200. The van der Waals surface area contributed by atoms with Gasteiger partial charge in [0, 0.05) is 16.4 Å². The van der Waals surface area contributed by atoms with Crippen molar-refractivity contribution in [3.05, 3.63) is 87.9 Å². The second-order valence-electron chi connectivity index (χ2n) is 7.49. The molecule has 0 aliphatic carbocycles. The van der Waals surface area contributed by atoms with Gasteiger partial charge in [-0.2, -0.15) is 0 Å². The first-order chi connectivity index (χ1) is 16.3. The summed E-state index contributed by atoms with van der Waals surface area (Å²) < 4.78 is 16.4. The zero-order valence-corrected chi connectivity index (χ0v) is 20.2. The van der Waals surface area contributed by atoms with E-state index in [1.54, 1.807) is 36.4 Å². The van der Waals surface area contributed by atoms with Gasteiger partial charge >= 0.3 is 12.2 Å². The number of nitrogens with one attached hydrogen (secondary N) is 2. The summed E-state index contributed by atoms with van der Waals surface area (Å²) >= 11 is 12.1. The largest absolute Gasteiger partial charge is 0.488 e. The molecule has 0 spiro atoms. The number of aryl methyl sites for hydroxylation is 2. The molecule has 0 fully saturated rings. The van der Waals surface area contributed by atoms with Gasteiger partial charge in [-0.3, -0.25) is 10.6 Å². The number of rotatable bonds is 8. The van der Waals surface area contributed by atoms with Crippen molar-refractivity contribution in [2.45, 2.75) is 20.0 Å². The van der Waals surface area contributed by atoms with Gasteiger partial charge in [0.25, 0.3) is 0 Å². The molecule has 1 unspecified atom stereocenters. The third-order valence-corrected chi connectivity index (χ3v) is 5.12. The van der Waals surface area contributed by atoms with Gasteiger partial charge in [-0.25, -0.2) is 9.59 Å². The first kappa shape index (κ1) is 25.2. The van der Waals surface area contributed by atoms with Crippen molar-refractivity contribution in [3.8, 4) is 5.75 Å². The van der Waals surface area contributed by atoms with Gasteiger partial charge in [0.2, 0.25) is 0 Å². The molecule has 0 saturated heterocycles. The number of carbonyl (C=O) groups is 2. The minimum Gasteiger partial charge on any atom is -0.488 e. The first-order valence-corrected chi connectivity index (χ1v) is 11.2. The van der Waals surface area contributed by atoms with E-state index in [4.69, 9.17) is 37.4 Å². The minimum atomic E-state index is -0.916. The van der Waals surface area contributed by atoms with Crippen LogP contribution in [0.2, 0.25) is 10.0 Å². The predicted octanol–water partition coefficient (Wildman–Crippen LogP) is 6.86. The Kier molecular flexibility index (Phi) is 9.01. The number of anilines is 2. The number of ether oxygens (including phenoxy) is 3. The fourth-order valence-electron chi connectivity index (χ4n) is 2.79. The summed E-state index contributed by atoms with van der Waals surface area (Å²) in [5, 5.41) is 6.01. The van der Waals surface area contributed by atoms with Crippen molar-refractivity contribution >= 4 is 46.8 Å². The third-order valence-electron chi connectivity index (χ3n) is 4.59. The average molecular weight is 503 g/mol. The molecule has 1 atom stereocenters. The Labute approximate surface area is 207 Å². The van der Waals surface area contributed by atoms with Crippen LogP contribution in [0.1, 0.15) is 11.1 Å². The molecule has 0 saturated carbocycles. The number of benzene rings is 3. The lowest BCUT2D eigenvalue weighted by atomic mass is 10.2. The molecule has 9 heteroatoms. The number of hydrogen-bond acceptors (Lipinski definition) is 5. The van der Waals surface area contributed by atoms with Gasteiger partial charge in [-0.15, -0.1) is 0 Å². The Morgan fingerprint density at radius 3 is 1.91 bits per heavy atom. The fourth-order valence-corrected chi connectivity index (χ4v) is 3.25. The maximum Gasteiger partial charge on any atom is 0.412 e. The molecule has 0 aliphatic heterocycles. The van der Waals surface area contributed by atoms with E-state index in [9.17, 15) is 9.59 Å². The molecule has 0 radical (unpaired) electrons. The molecule has 7 nitrogen and oxygen atoms in total. The second kappa shape index (κ2) is 12.2. The molecule has 3 rings (SSSR count). The molecular weight excluding hydrogens is 479 g/mol. The molecule has 2 amide bonds. The maximum atomic E-state index is 12.4. The lowest BCUT2D eigenvalue weighted by molar-refractivity contribution is 0.0290. The molecular formula is C25H24Cl2N2O5. The highest BCUT2D eigenvalue weighted by Gasteiger charge is 2.19. The highest BCUT2D eigenvalue weighted by Crippen LogP contribution is 2.27. The maximum absolute atomic E-state index is 12.4. The Bertz CT molecular complexity index is 1120. The second-order valence-corrected chi connectivity index (χ2v) is 8.34. The molecule has 178 valence electrons. The van der Waals surface area contributed by atoms with E-state index >= 15 is 0 Å². The standard InChI is InChI=1S/C25H24Cl2N2O5/c1-16-3-8-19(9-4-16)28-24(30)33-15-21(14-32-23-12-7-18(26)13-22(23)27)34-25(31)29-20-10-5-17(2)6-11-20/h3-13,21H,14-15H2,1-2H3,(H,28,30)(H,29,31). The topological polar surface area (TPSA) is 85.9 Å². The highest BCUT2D eigenvalue weighted by molar-refractivity contribution is 6.35. The summed E-state index contributed by atoms with van der Waals surface area (Å²) in [4.78, 5) is 24.6. The molecule has 0 aliphatic rings. The smallest absolute Gasteiger partial charge is 0.412 e. The van der Waals surface area contributed by atoms with Crippen molar-refractivity contribution in [1.29, 1.82) is 0 Å². The predicted molar refractivity (Wildman–Crippen MR) is 133 cm³/mol. The number of hydrogen-bond donors (Lipinski definition) is 2. The molecule has 34 heavy (non-hydrogen) atoms. The van der Waals surface area contributed by atoms with Gasteiger partial charge in [-0.05, 0) is 56.3 Å². The van der Waals surface area contributed by atoms with Crippen molar-refractivity contribution in [2.24, 2.45) is 0 Å². The third kappa shape index (κ3) is 8.17. The van der Waals surface area contributed by atoms with Crippen LogP contribution in [-0.2, 0) is 9.47 Å². The number of carbonyl (C=O) groups excluding carboxylic acids is 2. The summed E-state index contributed by atoms with van der Waals surface area (Å²) in [7, 11) is 0. The van der Waals surface area contributed by atoms with Crippen molar-refractivity contribution in [3.63, 3.8) is 0 Å². The summed E-state index contributed by atoms with van der Waals surface area (Å²) in [6.45, 7) is 3.53. The molecule has 0 bridgehead atoms. The minimum absolute atomic E-state index is 0.111. The summed E-state index contributed by atoms with van der Waals surface area (Å²) in [6.07, 6.45) is -2.33. The van der Waals surface area contributed by atoms with E-state index < -0.39 is 18.3 Å². The monoisotopic (exact) mass is 502 g/mol. The normalized spacial score (nSPS) is 11.3. The van der Waals surface area contributed by atoms with E-state index in [-0.39, 0.29) is 13.2 Å². The summed E-state index contributed by atoms with van der Waals surface area (Å²) in [6, 6.07) is 19.2. The van der Waals surface area contributed by atoms with Crippen LogP contribution in [0.5, 0.6) is 5.75 Å². The van der Waals surface area contributed by atoms with E-state index in [2.05, 4.69) is 10.6 Å². The van der Waals surface area contributed by atoms with Crippen LogP contribution in [0.4, 0.5) is 21.0 Å². The number of amides is 2. The van der Waals surface area contributed by atoms with Gasteiger partial charge in [0.1, 0.15) is 19.0 Å². The van der Waals surface area contributed by atoms with Crippen LogP contribution in [-0.4, -0.2) is 31.5 Å². The van der Waals surface area contributed by atoms with Crippen LogP contribution in [0.3, 0.4) is 0 Å². The average Bonchev–Trinajstić information content (AvgIpc) is 2.79.